The standard InChI is InChI=1S/C11H19NO4S2/c1-3-18(15,16)10-8-17-5-4-12(10)7-9(2)6-11(13)14/h6,10H,3-5,7-8H2,1-2H3,(H,13,14). The van der Waals surface area contributed by atoms with Crippen LogP contribution in [-0.2, 0) is 14.6 Å². The Bertz CT molecular complexity index is 430. The lowest BCUT2D eigenvalue weighted by Gasteiger charge is -2.34. The fourth-order valence-electron chi connectivity index (χ4n) is 1.90. The minimum Gasteiger partial charge on any atom is -0.478 e. The van der Waals surface area contributed by atoms with Gasteiger partial charge < -0.3 is 5.11 Å². The Morgan fingerprint density at radius 1 is 1.56 bits per heavy atom. The smallest absolute Gasteiger partial charge is 0.328 e. The highest BCUT2D eigenvalue weighted by molar-refractivity contribution is 8.01. The van der Waals surface area contributed by atoms with Gasteiger partial charge in [-0.2, -0.15) is 11.8 Å². The molecule has 1 unspecified atom stereocenters. The van der Waals surface area contributed by atoms with Gasteiger partial charge in [0.05, 0.1) is 0 Å². The van der Waals surface area contributed by atoms with Crippen LogP contribution in [0.3, 0.4) is 0 Å². The zero-order chi connectivity index (χ0) is 13.8. The highest BCUT2D eigenvalue weighted by Crippen LogP contribution is 2.22. The molecule has 1 heterocycles. The predicted molar refractivity (Wildman–Crippen MR) is 73.5 cm³/mol. The number of aliphatic carboxylic acids is 1. The van der Waals surface area contributed by atoms with Gasteiger partial charge in [0.1, 0.15) is 5.37 Å². The van der Waals surface area contributed by atoms with Crippen molar-refractivity contribution in [2.45, 2.75) is 19.2 Å². The lowest BCUT2D eigenvalue weighted by Crippen LogP contribution is -2.48. The molecule has 0 spiro atoms. The van der Waals surface area contributed by atoms with Crippen LogP contribution >= 0.6 is 11.8 Å². The molecule has 0 aromatic carbocycles. The molecule has 1 N–H and O–H groups in total. The number of nitrogens with zero attached hydrogens (tertiary/aromatic N) is 1. The number of carboxylic acids is 1. The van der Waals surface area contributed by atoms with Crippen molar-refractivity contribution < 1.29 is 18.3 Å². The van der Waals surface area contributed by atoms with Gasteiger partial charge in [-0.25, -0.2) is 13.2 Å². The molecule has 1 saturated heterocycles. The van der Waals surface area contributed by atoms with E-state index in [2.05, 4.69) is 0 Å². The number of hydrogen-bond acceptors (Lipinski definition) is 5. The molecule has 7 heteroatoms. The minimum atomic E-state index is -3.11. The van der Waals surface area contributed by atoms with E-state index in [4.69, 9.17) is 5.11 Å². The van der Waals surface area contributed by atoms with Gasteiger partial charge in [-0.15, -0.1) is 0 Å². The van der Waals surface area contributed by atoms with Crippen molar-refractivity contribution in [1.29, 1.82) is 0 Å². The zero-order valence-corrected chi connectivity index (χ0v) is 12.3. The van der Waals surface area contributed by atoms with Crippen molar-refractivity contribution in [2.24, 2.45) is 0 Å². The summed E-state index contributed by atoms with van der Waals surface area (Å²) < 4.78 is 24.0. The largest absolute Gasteiger partial charge is 0.478 e. The monoisotopic (exact) mass is 293 g/mol. The van der Waals surface area contributed by atoms with E-state index in [0.29, 0.717) is 24.4 Å². The van der Waals surface area contributed by atoms with E-state index < -0.39 is 21.2 Å². The molecule has 0 saturated carbocycles. The molecule has 1 atom stereocenters. The third-order valence-corrected chi connectivity index (χ3v) is 6.16. The van der Waals surface area contributed by atoms with Gasteiger partial charge in [0.25, 0.3) is 0 Å². The molecule has 0 amide bonds. The molecule has 0 aromatic rings. The molecule has 104 valence electrons. The molecule has 0 aliphatic carbocycles. The summed E-state index contributed by atoms with van der Waals surface area (Å²) in [6.45, 7) is 4.44. The first kappa shape index (κ1) is 15.5. The van der Waals surface area contributed by atoms with Crippen molar-refractivity contribution in [3.63, 3.8) is 0 Å². The second kappa shape index (κ2) is 6.58. The Balaban J connectivity index is 2.81. The SMILES string of the molecule is CCS(=O)(=O)C1CSCCN1CC(C)=CC(=O)O. The van der Waals surface area contributed by atoms with Crippen LogP contribution in [0.4, 0.5) is 0 Å². The van der Waals surface area contributed by atoms with E-state index >= 15 is 0 Å². The van der Waals surface area contributed by atoms with Crippen LogP contribution < -0.4 is 0 Å². The quantitative estimate of drug-likeness (QED) is 0.757. The van der Waals surface area contributed by atoms with E-state index in [0.717, 1.165) is 11.8 Å². The summed E-state index contributed by atoms with van der Waals surface area (Å²) in [5.74, 6) is 0.581. The molecule has 0 bridgehead atoms. The minimum absolute atomic E-state index is 0.121. The normalized spacial score (nSPS) is 23.0. The predicted octanol–water partition coefficient (Wildman–Crippen LogP) is 0.827. The van der Waals surface area contributed by atoms with Gasteiger partial charge >= 0.3 is 5.97 Å². The van der Waals surface area contributed by atoms with Gasteiger partial charge in [0.15, 0.2) is 9.84 Å². The molecule has 5 nitrogen and oxygen atoms in total. The average molecular weight is 293 g/mol. The number of carboxylic acid groups (broad SMARTS) is 1. The Hall–Kier alpha value is -0.530. The van der Waals surface area contributed by atoms with Crippen LogP contribution in [0.15, 0.2) is 11.6 Å². The lowest BCUT2D eigenvalue weighted by atomic mass is 10.2. The molecule has 0 radical (unpaired) electrons. The average Bonchev–Trinajstić information content (AvgIpc) is 2.28. The van der Waals surface area contributed by atoms with Crippen LogP contribution in [0.5, 0.6) is 0 Å². The molecule has 18 heavy (non-hydrogen) atoms. The Morgan fingerprint density at radius 2 is 2.22 bits per heavy atom. The van der Waals surface area contributed by atoms with E-state index in [-0.39, 0.29) is 5.75 Å². The molecular formula is C11H19NO4S2. The Kier molecular flexibility index (Phi) is 5.68. The molecular weight excluding hydrogens is 274 g/mol. The third kappa shape index (κ3) is 4.29. The maximum absolute atomic E-state index is 12.0. The van der Waals surface area contributed by atoms with Crippen molar-refractivity contribution in [2.75, 3.05) is 30.3 Å². The maximum Gasteiger partial charge on any atom is 0.328 e. The first-order valence-corrected chi connectivity index (χ1v) is 8.67. The van der Waals surface area contributed by atoms with Gasteiger partial charge in [-0.3, -0.25) is 4.90 Å². The van der Waals surface area contributed by atoms with Gasteiger partial charge in [-0.1, -0.05) is 12.5 Å². The van der Waals surface area contributed by atoms with Crippen LogP contribution in [-0.4, -0.2) is 60.1 Å². The summed E-state index contributed by atoms with van der Waals surface area (Å²) in [7, 11) is -3.11. The summed E-state index contributed by atoms with van der Waals surface area (Å²) >= 11 is 1.63. The fourth-order valence-corrected chi connectivity index (χ4v) is 4.98. The highest BCUT2D eigenvalue weighted by Gasteiger charge is 2.32. The number of hydrogen-bond donors (Lipinski definition) is 1. The molecule has 1 fully saturated rings. The van der Waals surface area contributed by atoms with E-state index in [1.165, 1.54) is 0 Å². The Morgan fingerprint density at radius 3 is 2.78 bits per heavy atom. The summed E-state index contributed by atoms with van der Waals surface area (Å²) in [5, 5.41) is 8.18. The first-order valence-electron chi connectivity index (χ1n) is 5.80. The van der Waals surface area contributed by atoms with Gasteiger partial charge in [0.2, 0.25) is 0 Å². The van der Waals surface area contributed by atoms with Crippen LogP contribution in [0, 0.1) is 0 Å². The molecule has 1 aliphatic rings. The van der Waals surface area contributed by atoms with Gasteiger partial charge in [-0.05, 0) is 6.92 Å². The maximum atomic E-state index is 12.0. The van der Waals surface area contributed by atoms with Crippen molar-refractivity contribution in [3.8, 4) is 0 Å². The summed E-state index contributed by atoms with van der Waals surface area (Å²) in [4.78, 5) is 12.4. The second-order valence-electron chi connectivity index (χ2n) is 4.28. The number of carbonyl (C=O) groups is 1. The van der Waals surface area contributed by atoms with E-state index in [1.54, 1.807) is 25.6 Å². The van der Waals surface area contributed by atoms with Gasteiger partial charge in [0, 0.05) is 36.4 Å². The fraction of sp³-hybridized carbons (Fsp3) is 0.727. The van der Waals surface area contributed by atoms with E-state index in [1.807, 2.05) is 4.90 Å². The summed E-state index contributed by atoms with van der Waals surface area (Å²) in [6, 6.07) is 0. The number of sulfone groups is 1. The third-order valence-electron chi connectivity index (χ3n) is 2.83. The molecule has 1 aliphatic heterocycles. The summed E-state index contributed by atoms with van der Waals surface area (Å²) in [5.41, 5.74) is 0.672. The highest BCUT2D eigenvalue weighted by atomic mass is 32.2. The lowest BCUT2D eigenvalue weighted by molar-refractivity contribution is -0.131. The Labute approximate surface area is 112 Å². The first-order chi connectivity index (χ1) is 8.36. The second-order valence-corrected chi connectivity index (χ2v) is 7.88. The zero-order valence-electron chi connectivity index (χ0n) is 10.6. The van der Waals surface area contributed by atoms with Crippen LogP contribution in [0.25, 0.3) is 0 Å². The number of rotatable bonds is 5. The van der Waals surface area contributed by atoms with Crippen molar-refractivity contribution in [3.05, 3.63) is 11.6 Å². The molecule has 1 rings (SSSR count). The van der Waals surface area contributed by atoms with Crippen molar-refractivity contribution >= 4 is 27.6 Å². The van der Waals surface area contributed by atoms with E-state index in [9.17, 15) is 13.2 Å². The van der Waals surface area contributed by atoms with Crippen LogP contribution in [0.2, 0.25) is 0 Å². The summed E-state index contributed by atoms with van der Waals surface area (Å²) in [6.07, 6.45) is 1.14. The van der Waals surface area contributed by atoms with Crippen molar-refractivity contribution in [1.82, 2.24) is 4.90 Å². The molecule has 0 aromatic heterocycles. The number of thioether (sulfide) groups is 1. The topological polar surface area (TPSA) is 74.7 Å². The van der Waals surface area contributed by atoms with Crippen LogP contribution in [0.1, 0.15) is 13.8 Å².